The zero-order valence-corrected chi connectivity index (χ0v) is 17.3. The Balaban J connectivity index is 1.54. The maximum atomic E-state index is 13.1. The van der Waals surface area contributed by atoms with Crippen LogP contribution in [0.15, 0.2) is 0 Å². The van der Waals surface area contributed by atoms with Crippen molar-refractivity contribution >= 4 is 11.7 Å². The number of aryl methyl sites for hydroxylation is 1. The number of carbonyl (C=O) groups excluding carboxylic acids is 1. The summed E-state index contributed by atoms with van der Waals surface area (Å²) in [6.07, 6.45) is 2.22. The summed E-state index contributed by atoms with van der Waals surface area (Å²) in [5, 5.41) is 0. The van der Waals surface area contributed by atoms with Gasteiger partial charge in [0.25, 0.3) is 5.91 Å². The minimum Gasteiger partial charge on any atom is -0.355 e. The number of likely N-dealkylation sites (tertiary alicyclic amines) is 2. The summed E-state index contributed by atoms with van der Waals surface area (Å²) >= 11 is 0. The zero-order valence-electron chi connectivity index (χ0n) is 17.3. The van der Waals surface area contributed by atoms with E-state index in [0.717, 1.165) is 69.2 Å². The van der Waals surface area contributed by atoms with Gasteiger partial charge in [-0.3, -0.25) is 4.79 Å². The minimum atomic E-state index is -0.00543. The van der Waals surface area contributed by atoms with Crippen LogP contribution in [-0.4, -0.2) is 97.0 Å². The summed E-state index contributed by atoms with van der Waals surface area (Å²) in [7, 11) is 6.40. The van der Waals surface area contributed by atoms with Gasteiger partial charge in [0.05, 0.1) is 0 Å². The van der Waals surface area contributed by atoms with E-state index in [2.05, 4.69) is 47.8 Å². The average Bonchev–Trinajstić information content (AvgIpc) is 3.24. The summed E-state index contributed by atoms with van der Waals surface area (Å²) in [4.78, 5) is 31.3. The Morgan fingerprint density at radius 2 is 1.89 bits per heavy atom. The number of hydrogen-bond donors (Lipinski definition) is 0. The molecule has 1 spiro atoms. The van der Waals surface area contributed by atoms with Crippen molar-refractivity contribution in [1.82, 2.24) is 24.7 Å². The molecule has 1 amide bonds. The normalized spacial score (nSPS) is 24.9. The fourth-order valence-corrected chi connectivity index (χ4v) is 4.98. The van der Waals surface area contributed by atoms with Gasteiger partial charge in [-0.2, -0.15) is 0 Å². The maximum Gasteiger partial charge on any atom is 0.291 e. The monoisotopic (exact) mass is 372 g/mol. The number of anilines is 1. The van der Waals surface area contributed by atoms with E-state index in [0.29, 0.717) is 17.3 Å². The highest BCUT2D eigenvalue weighted by Crippen LogP contribution is 2.39. The second kappa shape index (κ2) is 6.71. The molecule has 0 N–H and O–H groups in total. The van der Waals surface area contributed by atoms with Gasteiger partial charge in [0.2, 0.25) is 5.82 Å². The largest absolute Gasteiger partial charge is 0.355 e. The van der Waals surface area contributed by atoms with Gasteiger partial charge in [0.1, 0.15) is 5.82 Å². The zero-order chi connectivity index (χ0) is 19.3. The van der Waals surface area contributed by atoms with E-state index >= 15 is 0 Å². The molecule has 0 saturated carbocycles. The first-order valence-electron chi connectivity index (χ1n) is 10.0. The van der Waals surface area contributed by atoms with E-state index in [1.54, 1.807) is 0 Å². The number of hydrogen-bond acceptors (Lipinski definition) is 6. The second-order valence-electron chi connectivity index (χ2n) is 9.08. The van der Waals surface area contributed by atoms with Gasteiger partial charge in [0.15, 0.2) is 0 Å². The number of amides is 1. The highest BCUT2D eigenvalue weighted by Gasteiger charge is 2.47. The van der Waals surface area contributed by atoms with Crippen LogP contribution in [0.3, 0.4) is 0 Å². The molecule has 7 nitrogen and oxygen atoms in total. The van der Waals surface area contributed by atoms with Gasteiger partial charge in [-0.15, -0.1) is 0 Å². The van der Waals surface area contributed by atoms with Gasteiger partial charge < -0.3 is 19.6 Å². The SMILES string of the molecule is Cc1nc(C(=O)N2CCC3(CN(C)C3)C2)nc(N2CC[C@@H](N(C)C)C2)c1C. The number of likely N-dealkylation sites (N-methyl/N-ethyl adjacent to an activating group) is 1. The standard InChI is InChI=1S/C20H32N6O/c1-14-15(2)21-17(22-18(14)25-8-6-16(10-25)23(3)4)19(27)26-9-7-20(13-26)11-24(5)12-20/h16H,6-13H2,1-5H3/t16-/m1/s1. The first kappa shape index (κ1) is 18.6. The van der Waals surface area contributed by atoms with Crippen LogP contribution in [0.5, 0.6) is 0 Å². The van der Waals surface area contributed by atoms with Crippen LogP contribution in [0.1, 0.15) is 34.7 Å². The molecule has 3 aliphatic heterocycles. The average molecular weight is 373 g/mol. The molecule has 27 heavy (non-hydrogen) atoms. The minimum absolute atomic E-state index is 0.00543. The van der Waals surface area contributed by atoms with Crippen LogP contribution in [0, 0.1) is 19.3 Å². The predicted octanol–water partition coefficient (Wildman–Crippen LogP) is 1.01. The van der Waals surface area contributed by atoms with Crippen molar-refractivity contribution in [2.24, 2.45) is 5.41 Å². The molecule has 4 heterocycles. The Hall–Kier alpha value is -1.73. The van der Waals surface area contributed by atoms with Crippen molar-refractivity contribution in [2.45, 2.75) is 32.7 Å². The second-order valence-corrected chi connectivity index (χ2v) is 9.08. The molecule has 0 aromatic carbocycles. The third-order valence-corrected chi connectivity index (χ3v) is 6.68. The highest BCUT2D eigenvalue weighted by atomic mass is 16.2. The van der Waals surface area contributed by atoms with E-state index in [-0.39, 0.29) is 5.91 Å². The molecule has 3 saturated heterocycles. The number of nitrogens with zero attached hydrogens (tertiary/aromatic N) is 6. The van der Waals surface area contributed by atoms with E-state index in [9.17, 15) is 4.79 Å². The van der Waals surface area contributed by atoms with Gasteiger partial charge in [-0.1, -0.05) is 0 Å². The molecule has 4 rings (SSSR count). The van der Waals surface area contributed by atoms with Crippen LogP contribution < -0.4 is 4.90 Å². The lowest BCUT2D eigenvalue weighted by atomic mass is 9.79. The fraction of sp³-hybridized carbons (Fsp3) is 0.750. The highest BCUT2D eigenvalue weighted by molar-refractivity contribution is 5.91. The number of aromatic nitrogens is 2. The molecule has 0 bridgehead atoms. The van der Waals surface area contributed by atoms with Crippen LogP contribution in [0.2, 0.25) is 0 Å². The summed E-state index contributed by atoms with van der Waals surface area (Å²) in [5.74, 6) is 1.30. The Kier molecular flexibility index (Phi) is 4.63. The molecule has 7 heteroatoms. The lowest BCUT2D eigenvalue weighted by Crippen LogP contribution is -2.55. The van der Waals surface area contributed by atoms with Crippen molar-refractivity contribution in [3.8, 4) is 0 Å². The summed E-state index contributed by atoms with van der Waals surface area (Å²) in [5.41, 5.74) is 2.30. The summed E-state index contributed by atoms with van der Waals surface area (Å²) in [6, 6.07) is 0.535. The Bertz CT molecular complexity index is 742. The molecule has 148 valence electrons. The van der Waals surface area contributed by atoms with Gasteiger partial charge in [0, 0.05) is 62.0 Å². The van der Waals surface area contributed by atoms with E-state index in [1.165, 1.54) is 0 Å². The number of rotatable bonds is 3. The van der Waals surface area contributed by atoms with Gasteiger partial charge >= 0.3 is 0 Å². The Labute approximate surface area is 162 Å². The van der Waals surface area contributed by atoms with Crippen molar-refractivity contribution in [3.63, 3.8) is 0 Å². The predicted molar refractivity (Wildman–Crippen MR) is 106 cm³/mol. The maximum absolute atomic E-state index is 13.1. The summed E-state index contributed by atoms with van der Waals surface area (Å²) < 4.78 is 0. The van der Waals surface area contributed by atoms with Crippen LogP contribution >= 0.6 is 0 Å². The van der Waals surface area contributed by atoms with E-state index in [1.807, 2.05) is 11.8 Å². The third-order valence-electron chi connectivity index (χ3n) is 6.68. The quantitative estimate of drug-likeness (QED) is 0.789. The van der Waals surface area contributed by atoms with Crippen molar-refractivity contribution in [3.05, 3.63) is 17.1 Å². The molecule has 1 atom stereocenters. The first-order valence-corrected chi connectivity index (χ1v) is 10.0. The molecule has 0 unspecified atom stereocenters. The van der Waals surface area contributed by atoms with Gasteiger partial charge in [-0.25, -0.2) is 9.97 Å². The molecular weight excluding hydrogens is 340 g/mol. The molecule has 3 aliphatic rings. The molecule has 1 aromatic heterocycles. The Morgan fingerprint density at radius 1 is 1.15 bits per heavy atom. The van der Waals surface area contributed by atoms with Crippen LogP contribution in [0.25, 0.3) is 0 Å². The third kappa shape index (κ3) is 3.31. The fourth-order valence-electron chi connectivity index (χ4n) is 4.98. The van der Waals surface area contributed by atoms with Crippen LogP contribution in [-0.2, 0) is 0 Å². The van der Waals surface area contributed by atoms with Crippen molar-refractivity contribution < 1.29 is 4.79 Å². The number of carbonyl (C=O) groups is 1. The van der Waals surface area contributed by atoms with Crippen LogP contribution in [0.4, 0.5) is 5.82 Å². The molecule has 0 aliphatic carbocycles. The topological polar surface area (TPSA) is 55.8 Å². The molecule has 1 aromatic rings. The summed E-state index contributed by atoms with van der Waals surface area (Å²) in [6.45, 7) is 9.84. The smallest absolute Gasteiger partial charge is 0.291 e. The Morgan fingerprint density at radius 3 is 2.52 bits per heavy atom. The van der Waals surface area contributed by atoms with E-state index < -0.39 is 0 Å². The van der Waals surface area contributed by atoms with E-state index in [4.69, 9.17) is 4.98 Å². The molecule has 0 radical (unpaired) electrons. The lowest BCUT2D eigenvalue weighted by molar-refractivity contribution is 0.0291. The van der Waals surface area contributed by atoms with Gasteiger partial charge in [-0.05, 0) is 47.8 Å². The lowest BCUT2D eigenvalue weighted by Gasteiger charge is -2.46. The molecule has 3 fully saturated rings. The van der Waals surface area contributed by atoms with Crippen molar-refractivity contribution in [1.29, 1.82) is 0 Å². The molecular formula is C20H32N6O. The first-order chi connectivity index (χ1) is 12.8. The van der Waals surface area contributed by atoms with Crippen molar-refractivity contribution in [2.75, 3.05) is 65.3 Å².